The van der Waals surface area contributed by atoms with Gasteiger partial charge in [-0.15, -0.1) is 0 Å². The predicted octanol–water partition coefficient (Wildman–Crippen LogP) is 0.437. The van der Waals surface area contributed by atoms with Crippen molar-refractivity contribution in [2.45, 2.75) is 36.9 Å². The molecular weight excluding hydrogens is 316 g/mol. The third-order valence-corrected chi connectivity index (χ3v) is 6.36. The van der Waals surface area contributed by atoms with E-state index in [2.05, 4.69) is 14.8 Å². The van der Waals surface area contributed by atoms with Gasteiger partial charge in [0.05, 0.1) is 17.2 Å². The molecule has 4 aliphatic rings. The first-order chi connectivity index (χ1) is 12.1. The number of rotatable bonds is 3. The average Bonchev–Trinajstić information content (AvgIpc) is 3.32. The summed E-state index contributed by atoms with van der Waals surface area (Å²) in [5.41, 5.74) is 0.700. The molecule has 0 radical (unpaired) electrons. The molecule has 3 saturated heterocycles. The highest BCUT2D eigenvalue weighted by molar-refractivity contribution is 5.94. The molecule has 1 saturated carbocycles. The minimum absolute atomic E-state index is 0.0349. The second-order valence-electron chi connectivity index (χ2n) is 8.46. The number of nitrogens with zero attached hydrogens (tertiary/aromatic N) is 4. The number of carbonyl (C=O) groups is 1. The Bertz CT molecular complexity index is 657. The number of carbonyl (C=O) groups excluding carboxylic acids is 1. The number of hydrogen-bond donors (Lipinski definition) is 1. The molecule has 6 heteroatoms. The summed E-state index contributed by atoms with van der Waals surface area (Å²) in [6.07, 6.45) is 6.63. The van der Waals surface area contributed by atoms with Crippen LogP contribution in [0.1, 0.15) is 29.6 Å². The SMILES string of the molecule is O=C(c1cccnc1)N1CC2CC(O)CN2C2(CN(CC3CC3)C2)C1. The van der Waals surface area contributed by atoms with Crippen molar-refractivity contribution in [1.29, 1.82) is 0 Å². The van der Waals surface area contributed by atoms with Crippen LogP contribution in [0.5, 0.6) is 0 Å². The van der Waals surface area contributed by atoms with Gasteiger partial charge in [-0.2, -0.15) is 0 Å². The lowest BCUT2D eigenvalue weighted by Crippen LogP contribution is -2.78. The zero-order valence-corrected chi connectivity index (χ0v) is 14.5. The molecule has 2 unspecified atom stereocenters. The molecular formula is C19H26N4O2. The quantitative estimate of drug-likeness (QED) is 0.864. The first-order valence-electron chi connectivity index (χ1n) is 9.49. The number of pyridine rings is 1. The van der Waals surface area contributed by atoms with Crippen molar-refractivity contribution in [2.24, 2.45) is 5.92 Å². The lowest BCUT2D eigenvalue weighted by Gasteiger charge is -2.61. The Morgan fingerprint density at radius 2 is 2.12 bits per heavy atom. The zero-order chi connectivity index (χ0) is 17.0. The van der Waals surface area contributed by atoms with Gasteiger partial charge in [0.1, 0.15) is 0 Å². The second kappa shape index (κ2) is 5.76. The number of aromatic nitrogens is 1. The van der Waals surface area contributed by atoms with E-state index in [4.69, 9.17) is 0 Å². The smallest absolute Gasteiger partial charge is 0.255 e. The maximum atomic E-state index is 13.0. The van der Waals surface area contributed by atoms with Crippen molar-refractivity contribution in [3.63, 3.8) is 0 Å². The minimum Gasteiger partial charge on any atom is -0.392 e. The normalized spacial score (nSPS) is 31.8. The van der Waals surface area contributed by atoms with Gasteiger partial charge >= 0.3 is 0 Å². The Hall–Kier alpha value is -1.50. The van der Waals surface area contributed by atoms with Crippen molar-refractivity contribution in [3.05, 3.63) is 30.1 Å². The molecule has 1 spiro atoms. The van der Waals surface area contributed by atoms with E-state index in [0.717, 1.165) is 45.1 Å². The van der Waals surface area contributed by atoms with Crippen LogP contribution >= 0.6 is 0 Å². The summed E-state index contributed by atoms with van der Waals surface area (Å²) in [5, 5.41) is 10.2. The monoisotopic (exact) mass is 342 g/mol. The lowest BCUT2D eigenvalue weighted by molar-refractivity contribution is -0.106. The van der Waals surface area contributed by atoms with Crippen molar-refractivity contribution < 1.29 is 9.90 Å². The molecule has 25 heavy (non-hydrogen) atoms. The van der Waals surface area contributed by atoms with Crippen LogP contribution in [0.15, 0.2) is 24.5 Å². The maximum absolute atomic E-state index is 13.0. The maximum Gasteiger partial charge on any atom is 0.255 e. The van der Waals surface area contributed by atoms with Crippen molar-refractivity contribution in [1.82, 2.24) is 19.7 Å². The largest absolute Gasteiger partial charge is 0.392 e. The van der Waals surface area contributed by atoms with Gasteiger partial charge in [0, 0.05) is 57.7 Å². The fraction of sp³-hybridized carbons (Fsp3) is 0.684. The third kappa shape index (κ3) is 2.76. The fourth-order valence-corrected chi connectivity index (χ4v) is 5.10. The van der Waals surface area contributed by atoms with Gasteiger partial charge < -0.3 is 10.0 Å². The van der Waals surface area contributed by atoms with Gasteiger partial charge in [-0.25, -0.2) is 0 Å². The summed E-state index contributed by atoms with van der Waals surface area (Å²) in [5.74, 6) is 0.975. The van der Waals surface area contributed by atoms with E-state index in [1.165, 1.54) is 19.4 Å². The van der Waals surface area contributed by atoms with E-state index < -0.39 is 0 Å². The Balaban J connectivity index is 1.35. The molecule has 1 aromatic rings. The highest BCUT2D eigenvalue weighted by Crippen LogP contribution is 2.41. The number of β-amino-alcohol motifs (C(OH)–C–C–N with tert-alkyl or cyclic N) is 1. The number of amides is 1. The Labute approximate surface area is 148 Å². The molecule has 1 N–H and O–H groups in total. The van der Waals surface area contributed by atoms with Crippen molar-refractivity contribution in [2.75, 3.05) is 39.3 Å². The minimum atomic E-state index is -0.257. The molecule has 6 nitrogen and oxygen atoms in total. The van der Waals surface area contributed by atoms with Gasteiger partial charge in [0.2, 0.25) is 0 Å². The lowest BCUT2D eigenvalue weighted by atomic mass is 9.83. The molecule has 134 valence electrons. The highest BCUT2D eigenvalue weighted by atomic mass is 16.3. The Morgan fingerprint density at radius 3 is 2.84 bits per heavy atom. The van der Waals surface area contributed by atoms with Crippen LogP contribution < -0.4 is 0 Å². The summed E-state index contributed by atoms with van der Waals surface area (Å²) in [4.78, 5) is 24.1. The number of fused-ring (bicyclic) bond motifs is 2. The van der Waals surface area contributed by atoms with Crippen LogP contribution in [0.4, 0.5) is 0 Å². The van der Waals surface area contributed by atoms with E-state index in [0.29, 0.717) is 5.56 Å². The van der Waals surface area contributed by atoms with E-state index >= 15 is 0 Å². The van der Waals surface area contributed by atoms with E-state index in [-0.39, 0.29) is 23.6 Å². The molecule has 3 aliphatic heterocycles. The van der Waals surface area contributed by atoms with Gasteiger partial charge in [0.25, 0.3) is 5.91 Å². The van der Waals surface area contributed by atoms with Crippen LogP contribution in [0.2, 0.25) is 0 Å². The number of aliphatic hydroxyl groups excluding tert-OH is 1. The van der Waals surface area contributed by atoms with Crippen LogP contribution in [-0.4, -0.2) is 87.7 Å². The molecule has 4 heterocycles. The average molecular weight is 342 g/mol. The van der Waals surface area contributed by atoms with Gasteiger partial charge in [-0.05, 0) is 37.3 Å². The molecule has 1 aromatic heterocycles. The molecule has 5 rings (SSSR count). The summed E-state index contributed by atoms with van der Waals surface area (Å²) < 4.78 is 0. The van der Waals surface area contributed by atoms with Crippen molar-refractivity contribution in [3.8, 4) is 0 Å². The van der Waals surface area contributed by atoms with Crippen LogP contribution in [0.3, 0.4) is 0 Å². The summed E-state index contributed by atoms with van der Waals surface area (Å²) in [7, 11) is 0. The Kier molecular flexibility index (Phi) is 3.62. The standard InChI is InChI=1S/C19H26N4O2/c24-17-6-16-9-22(18(25)15-2-1-5-20-7-15)13-19(23(16)10-17)11-21(12-19)8-14-3-4-14/h1-2,5,7,14,16-17,24H,3-4,6,8-13H2. The molecule has 2 atom stereocenters. The van der Waals surface area contributed by atoms with Gasteiger partial charge in [-0.3, -0.25) is 19.6 Å². The molecule has 4 fully saturated rings. The van der Waals surface area contributed by atoms with E-state index in [1.54, 1.807) is 12.4 Å². The molecule has 0 bridgehead atoms. The number of hydrogen-bond acceptors (Lipinski definition) is 5. The van der Waals surface area contributed by atoms with E-state index in [1.807, 2.05) is 17.0 Å². The summed E-state index contributed by atoms with van der Waals surface area (Å²) in [6.45, 7) is 5.52. The van der Waals surface area contributed by atoms with Crippen LogP contribution in [0, 0.1) is 5.92 Å². The van der Waals surface area contributed by atoms with Gasteiger partial charge in [0.15, 0.2) is 0 Å². The second-order valence-corrected chi connectivity index (χ2v) is 8.46. The first kappa shape index (κ1) is 15.7. The topological polar surface area (TPSA) is 59.9 Å². The van der Waals surface area contributed by atoms with Crippen LogP contribution in [0.25, 0.3) is 0 Å². The summed E-state index contributed by atoms with van der Waals surface area (Å²) in [6, 6.07) is 3.95. The predicted molar refractivity (Wildman–Crippen MR) is 93.2 cm³/mol. The fourth-order valence-electron chi connectivity index (χ4n) is 5.10. The third-order valence-electron chi connectivity index (χ3n) is 6.36. The van der Waals surface area contributed by atoms with Crippen molar-refractivity contribution >= 4 is 5.91 Å². The van der Waals surface area contributed by atoms with Crippen LogP contribution in [-0.2, 0) is 0 Å². The highest BCUT2D eigenvalue weighted by Gasteiger charge is 2.57. The molecule has 1 amide bonds. The Morgan fingerprint density at radius 1 is 1.28 bits per heavy atom. The first-order valence-corrected chi connectivity index (χ1v) is 9.49. The van der Waals surface area contributed by atoms with E-state index in [9.17, 15) is 9.90 Å². The molecule has 1 aliphatic carbocycles. The van der Waals surface area contributed by atoms with Gasteiger partial charge in [-0.1, -0.05) is 0 Å². The zero-order valence-electron chi connectivity index (χ0n) is 14.5. The molecule has 0 aromatic carbocycles. The summed E-state index contributed by atoms with van der Waals surface area (Å²) >= 11 is 0. The number of likely N-dealkylation sites (tertiary alicyclic amines) is 1. The number of aliphatic hydroxyl groups is 1. The number of piperazine rings is 1.